The SMILES string of the molecule is Cc1ccc(-n2nc(C(=O)N3CCCC3)c(=O)n(Cc3ccc(C(F)(F)F)cc3)c2=O)cc1C. The molecule has 1 aliphatic heterocycles. The first-order chi connectivity index (χ1) is 16.1. The van der Waals surface area contributed by atoms with E-state index in [4.69, 9.17) is 0 Å². The zero-order valence-electron chi connectivity index (χ0n) is 18.7. The lowest BCUT2D eigenvalue weighted by molar-refractivity contribution is -0.137. The van der Waals surface area contributed by atoms with Gasteiger partial charge in [0.05, 0.1) is 17.8 Å². The molecule has 0 unspecified atom stereocenters. The minimum Gasteiger partial charge on any atom is -0.337 e. The fourth-order valence-corrected chi connectivity index (χ4v) is 3.87. The number of hydrogen-bond acceptors (Lipinski definition) is 4. The van der Waals surface area contributed by atoms with E-state index in [2.05, 4.69) is 5.10 Å². The summed E-state index contributed by atoms with van der Waals surface area (Å²) < 4.78 is 40.6. The average molecular weight is 472 g/mol. The lowest BCUT2D eigenvalue weighted by Gasteiger charge is -2.17. The van der Waals surface area contributed by atoms with Crippen molar-refractivity contribution in [1.29, 1.82) is 0 Å². The van der Waals surface area contributed by atoms with E-state index in [9.17, 15) is 27.6 Å². The van der Waals surface area contributed by atoms with Gasteiger partial charge in [-0.1, -0.05) is 18.2 Å². The van der Waals surface area contributed by atoms with E-state index in [0.717, 1.165) is 45.4 Å². The molecule has 10 heteroatoms. The Hall–Kier alpha value is -3.69. The number of amides is 1. The molecule has 2 heterocycles. The molecule has 0 radical (unpaired) electrons. The van der Waals surface area contributed by atoms with Crippen molar-refractivity contribution < 1.29 is 18.0 Å². The summed E-state index contributed by atoms with van der Waals surface area (Å²) in [6.45, 7) is 4.44. The van der Waals surface area contributed by atoms with Crippen molar-refractivity contribution in [2.45, 2.75) is 39.4 Å². The van der Waals surface area contributed by atoms with Crippen LogP contribution in [-0.4, -0.2) is 38.2 Å². The zero-order valence-corrected chi connectivity index (χ0v) is 18.7. The van der Waals surface area contributed by atoms with E-state index in [1.807, 2.05) is 13.8 Å². The first-order valence-electron chi connectivity index (χ1n) is 10.8. The van der Waals surface area contributed by atoms with Gasteiger partial charge >= 0.3 is 11.9 Å². The topological polar surface area (TPSA) is 77.2 Å². The van der Waals surface area contributed by atoms with E-state index in [-0.39, 0.29) is 6.54 Å². The van der Waals surface area contributed by atoms with Gasteiger partial charge in [0.25, 0.3) is 11.5 Å². The van der Waals surface area contributed by atoms with Gasteiger partial charge in [0.15, 0.2) is 0 Å². The van der Waals surface area contributed by atoms with Gasteiger partial charge in [-0.15, -0.1) is 0 Å². The summed E-state index contributed by atoms with van der Waals surface area (Å²) in [4.78, 5) is 41.0. The highest BCUT2D eigenvalue weighted by molar-refractivity contribution is 5.92. The molecule has 0 saturated carbocycles. The number of carbonyl (C=O) groups is 1. The number of alkyl halides is 3. The van der Waals surface area contributed by atoms with Crippen LogP contribution < -0.4 is 11.2 Å². The molecule has 178 valence electrons. The summed E-state index contributed by atoms with van der Waals surface area (Å²) in [6, 6.07) is 9.37. The van der Waals surface area contributed by atoms with Crippen LogP contribution in [0.5, 0.6) is 0 Å². The van der Waals surface area contributed by atoms with Crippen LogP contribution in [0.4, 0.5) is 13.2 Å². The Kier molecular flexibility index (Phi) is 6.16. The van der Waals surface area contributed by atoms with Gasteiger partial charge in [-0.25, -0.2) is 4.79 Å². The van der Waals surface area contributed by atoms with E-state index in [0.29, 0.717) is 24.3 Å². The maximum Gasteiger partial charge on any atom is 0.416 e. The molecule has 2 aromatic carbocycles. The highest BCUT2D eigenvalue weighted by atomic mass is 19.4. The molecule has 0 atom stereocenters. The number of nitrogens with zero attached hydrogens (tertiary/aromatic N) is 4. The molecule has 34 heavy (non-hydrogen) atoms. The largest absolute Gasteiger partial charge is 0.416 e. The van der Waals surface area contributed by atoms with Crippen molar-refractivity contribution in [3.63, 3.8) is 0 Å². The second-order valence-corrected chi connectivity index (χ2v) is 8.40. The van der Waals surface area contributed by atoms with Gasteiger partial charge in [0, 0.05) is 13.1 Å². The van der Waals surface area contributed by atoms with Crippen LogP contribution in [-0.2, 0) is 12.7 Å². The van der Waals surface area contributed by atoms with Crippen molar-refractivity contribution in [3.05, 3.63) is 91.3 Å². The molecular weight excluding hydrogens is 449 g/mol. The summed E-state index contributed by atoms with van der Waals surface area (Å²) in [5, 5.41) is 4.14. The summed E-state index contributed by atoms with van der Waals surface area (Å²) in [6.07, 6.45) is -2.89. The molecular formula is C24H23F3N4O3. The Morgan fingerprint density at radius 3 is 2.21 bits per heavy atom. The predicted octanol–water partition coefficient (Wildman–Crippen LogP) is 3.31. The Bertz CT molecular complexity index is 1350. The number of aryl methyl sites for hydroxylation is 2. The monoisotopic (exact) mass is 472 g/mol. The van der Waals surface area contributed by atoms with E-state index in [1.54, 1.807) is 18.2 Å². The Labute approximate surface area is 193 Å². The number of carbonyl (C=O) groups excluding carboxylic acids is 1. The third kappa shape index (κ3) is 4.52. The van der Waals surface area contributed by atoms with Crippen LogP contribution in [0.2, 0.25) is 0 Å². The second-order valence-electron chi connectivity index (χ2n) is 8.40. The van der Waals surface area contributed by atoms with Gasteiger partial charge in [0.2, 0.25) is 5.69 Å². The molecule has 1 aliphatic rings. The smallest absolute Gasteiger partial charge is 0.337 e. The van der Waals surface area contributed by atoms with Crippen LogP contribution in [0.3, 0.4) is 0 Å². The number of halogens is 3. The molecule has 1 amide bonds. The normalized spacial score (nSPS) is 14.0. The summed E-state index contributed by atoms with van der Waals surface area (Å²) in [5.41, 5.74) is -0.327. The Morgan fingerprint density at radius 1 is 0.971 bits per heavy atom. The van der Waals surface area contributed by atoms with Crippen LogP contribution in [0, 0.1) is 13.8 Å². The quantitative estimate of drug-likeness (QED) is 0.584. The lowest BCUT2D eigenvalue weighted by atomic mass is 10.1. The number of benzene rings is 2. The third-order valence-electron chi connectivity index (χ3n) is 6.01. The first kappa shape index (κ1) is 23.5. The van der Waals surface area contributed by atoms with Gasteiger partial charge in [-0.2, -0.15) is 23.0 Å². The standard InChI is InChI=1S/C24H23F3N4O3/c1-15-5-10-19(13-16(15)2)31-23(34)30(14-17-6-8-18(9-7-17)24(25,26)27)22(33)20(28-31)21(32)29-11-3-4-12-29/h5-10,13H,3-4,11-12,14H2,1-2H3. The zero-order chi connectivity index (χ0) is 24.6. The van der Waals surface area contributed by atoms with Gasteiger partial charge < -0.3 is 4.90 Å². The van der Waals surface area contributed by atoms with Crippen LogP contribution >= 0.6 is 0 Å². The molecule has 1 saturated heterocycles. The summed E-state index contributed by atoms with van der Waals surface area (Å²) >= 11 is 0. The average Bonchev–Trinajstić information content (AvgIpc) is 3.33. The van der Waals surface area contributed by atoms with E-state index >= 15 is 0 Å². The van der Waals surface area contributed by atoms with Gasteiger partial charge in [-0.05, 0) is 67.6 Å². The molecule has 4 rings (SSSR count). The van der Waals surface area contributed by atoms with Gasteiger partial charge in [0.1, 0.15) is 0 Å². The maximum atomic E-state index is 13.3. The van der Waals surface area contributed by atoms with Crippen molar-refractivity contribution in [2.75, 3.05) is 13.1 Å². The van der Waals surface area contributed by atoms with Crippen molar-refractivity contribution in [3.8, 4) is 5.69 Å². The number of hydrogen-bond donors (Lipinski definition) is 0. The molecule has 0 spiro atoms. The Balaban J connectivity index is 1.84. The van der Waals surface area contributed by atoms with Gasteiger partial charge in [-0.3, -0.25) is 14.2 Å². The fraction of sp³-hybridized carbons (Fsp3) is 0.333. The van der Waals surface area contributed by atoms with Crippen molar-refractivity contribution >= 4 is 5.91 Å². The minimum absolute atomic E-state index is 0.302. The third-order valence-corrected chi connectivity index (χ3v) is 6.01. The number of aromatic nitrogens is 3. The minimum atomic E-state index is -4.50. The molecule has 0 bridgehead atoms. The molecule has 1 fully saturated rings. The maximum absolute atomic E-state index is 13.3. The molecule has 3 aromatic rings. The highest BCUT2D eigenvalue weighted by Crippen LogP contribution is 2.29. The van der Waals surface area contributed by atoms with Crippen molar-refractivity contribution in [1.82, 2.24) is 19.2 Å². The molecule has 0 N–H and O–H groups in total. The summed E-state index contributed by atoms with van der Waals surface area (Å²) in [5.74, 6) is -0.568. The van der Waals surface area contributed by atoms with E-state index in [1.165, 1.54) is 17.0 Å². The number of likely N-dealkylation sites (tertiary alicyclic amines) is 1. The fourth-order valence-electron chi connectivity index (χ4n) is 3.87. The van der Waals surface area contributed by atoms with Crippen LogP contribution in [0.25, 0.3) is 5.69 Å². The molecule has 7 nitrogen and oxygen atoms in total. The molecule has 1 aromatic heterocycles. The second kappa shape index (κ2) is 8.92. The highest BCUT2D eigenvalue weighted by Gasteiger charge is 2.30. The van der Waals surface area contributed by atoms with E-state index < -0.39 is 34.6 Å². The summed E-state index contributed by atoms with van der Waals surface area (Å²) in [7, 11) is 0. The first-order valence-corrected chi connectivity index (χ1v) is 10.8. The van der Waals surface area contributed by atoms with Crippen molar-refractivity contribution in [2.24, 2.45) is 0 Å². The van der Waals surface area contributed by atoms with Crippen LogP contribution in [0.15, 0.2) is 52.1 Å². The lowest BCUT2D eigenvalue weighted by Crippen LogP contribution is -2.46. The predicted molar refractivity (Wildman–Crippen MR) is 119 cm³/mol. The molecule has 0 aliphatic carbocycles. The van der Waals surface area contributed by atoms with Crippen LogP contribution in [0.1, 0.15) is 45.6 Å². The Morgan fingerprint density at radius 2 is 1.62 bits per heavy atom. The number of rotatable bonds is 4.